The van der Waals surface area contributed by atoms with Crippen LogP contribution in [0.2, 0.25) is 0 Å². The average Bonchev–Trinajstić information content (AvgIpc) is 2.72. The van der Waals surface area contributed by atoms with Crippen LogP contribution in [-0.4, -0.2) is 67.6 Å². The molecule has 0 aliphatic carbocycles. The van der Waals surface area contributed by atoms with Gasteiger partial charge in [0.15, 0.2) is 0 Å². The van der Waals surface area contributed by atoms with Gasteiger partial charge in [0.1, 0.15) is 0 Å². The number of anilines is 1. The van der Waals surface area contributed by atoms with Gasteiger partial charge in [-0.25, -0.2) is 0 Å². The Kier molecular flexibility index (Phi) is 6.62. The number of carbonyl (C=O) groups is 2. The van der Waals surface area contributed by atoms with Crippen molar-refractivity contribution in [1.82, 2.24) is 9.80 Å². The van der Waals surface area contributed by atoms with Crippen molar-refractivity contribution in [3.8, 4) is 0 Å². The molecule has 0 saturated carbocycles. The minimum atomic E-state index is 0.0408. The third-order valence-electron chi connectivity index (χ3n) is 4.99. The minimum absolute atomic E-state index is 0.0408. The number of nitrogens with zero attached hydrogens (tertiary/aromatic N) is 3. The molecule has 0 atom stereocenters. The average molecular weight is 398 g/mol. The van der Waals surface area contributed by atoms with E-state index in [9.17, 15) is 9.59 Å². The van der Waals surface area contributed by atoms with Gasteiger partial charge in [0.25, 0.3) is 5.91 Å². The summed E-state index contributed by atoms with van der Waals surface area (Å²) in [4.78, 5) is 31.7. The van der Waals surface area contributed by atoms with Gasteiger partial charge in [0, 0.05) is 50.9 Å². The quantitative estimate of drug-likeness (QED) is 0.727. The Labute approximate surface area is 171 Å². The Morgan fingerprint density at radius 1 is 0.964 bits per heavy atom. The lowest BCUT2D eigenvalue weighted by atomic mass is 10.1. The van der Waals surface area contributed by atoms with E-state index in [1.807, 2.05) is 35.2 Å². The van der Waals surface area contributed by atoms with Crippen LogP contribution in [0.1, 0.15) is 15.9 Å². The Balaban J connectivity index is 1.65. The summed E-state index contributed by atoms with van der Waals surface area (Å²) in [6, 6.07) is 15.9. The Bertz CT molecular complexity index is 845. The largest absolute Gasteiger partial charge is 0.368 e. The maximum absolute atomic E-state index is 13.1. The monoisotopic (exact) mass is 397 g/mol. The second-order valence-electron chi connectivity index (χ2n) is 7.14. The second kappa shape index (κ2) is 9.15. The number of thioether (sulfide) groups is 1. The Morgan fingerprint density at radius 3 is 2.29 bits per heavy atom. The van der Waals surface area contributed by atoms with Crippen LogP contribution in [0.4, 0.5) is 5.69 Å². The van der Waals surface area contributed by atoms with E-state index in [-0.39, 0.29) is 11.8 Å². The molecule has 1 fully saturated rings. The second-order valence-corrected chi connectivity index (χ2v) is 8.16. The molecule has 0 aromatic heterocycles. The fourth-order valence-corrected chi connectivity index (χ4v) is 4.30. The molecule has 6 heteroatoms. The highest BCUT2D eigenvalue weighted by molar-refractivity contribution is 8.00. The number of amides is 2. The molecule has 2 aromatic rings. The normalized spacial score (nSPS) is 14.1. The maximum atomic E-state index is 13.1. The number of piperazine rings is 1. The standard InChI is InChI=1S/C22H27N3O2S/c1-17-8-4-6-10-19(17)24-12-14-25(15-13-24)22(27)18-9-5-7-11-20(18)28-16-21(26)23(2)3/h4-11H,12-16H2,1-3H3. The highest BCUT2D eigenvalue weighted by Crippen LogP contribution is 2.26. The van der Waals surface area contributed by atoms with Crippen LogP contribution in [0.25, 0.3) is 0 Å². The number of para-hydroxylation sites is 1. The van der Waals surface area contributed by atoms with Gasteiger partial charge in [-0.1, -0.05) is 30.3 Å². The van der Waals surface area contributed by atoms with Crippen LogP contribution < -0.4 is 4.90 Å². The first-order chi connectivity index (χ1) is 13.5. The summed E-state index contributed by atoms with van der Waals surface area (Å²) in [6.07, 6.45) is 0. The molecular formula is C22H27N3O2S. The van der Waals surface area contributed by atoms with Gasteiger partial charge in [0.2, 0.25) is 5.91 Å². The first kappa shape index (κ1) is 20.3. The van der Waals surface area contributed by atoms with E-state index in [4.69, 9.17) is 0 Å². The van der Waals surface area contributed by atoms with Crippen molar-refractivity contribution in [1.29, 1.82) is 0 Å². The number of hydrogen-bond donors (Lipinski definition) is 0. The fraction of sp³-hybridized carbons (Fsp3) is 0.364. The van der Waals surface area contributed by atoms with E-state index in [1.54, 1.807) is 19.0 Å². The van der Waals surface area contributed by atoms with Gasteiger partial charge in [-0.3, -0.25) is 9.59 Å². The van der Waals surface area contributed by atoms with Crippen molar-refractivity contribution in [2.45, 2.75) is 11.8 Å². The predicted octanol–water partition coefficient (Wildman–Crippen LogP) is 3.14. The number of rotatable bonds is 5. The van der Waals surface area contributed by atoms with Crippen LogP contribution in [0.5, 0.6) is 0 Å². The summed E-state index contributed by atoms with van der Waals surface area (Å²) in [5.74, 6) is 0.419. The highest BCUT2D eigenvalue weighted by Gasteiger charge is 2.24. The van der Waals surface area contributed by atoms with Gasteiger partial charge in [0.05, 0.1) is 11.3 Å². The molecule has 0 unspecified atom stereocenters. The van der Waals surface area contributed by atoms with Crippen molar-refractivity contribution in [3.05, 3.63) is 59.7 Å². The van der Waals surface area contributed by atoms with Crippen LogP contribution in [0.3, 0.4) is 0 Å². The predicted molar refractivity (Wildman–Crippen MR) is 115 cm³/mol. The molecule has 2 amide bonds. The zero-order chi connectivity index (χ0) is 20.1. The van der Waals surface area contributed by atoms with Crippen molar-refractivity contribution in [2.75, 3.05) is 50.9 Å². The third kappa shape index (κ3) is 4.68. The van der Waals surface area contributed by atoms with Crippen molar-refractivity contribution < 1.29 is 9.59 Å². The number of hydrogen-bond acceptors (Lipinski definition) is 4. The molecule has 5 nitrogen and oxygen atoms in total. The van der Waals surface area contributed by atoms with Gasteiger partial charge in [-0.15, -0.1) is 11.8 Å². The smallest absolute Gasteiger partial charge is 0.255 e. The number of benzene rings is 2. The van der Waals surface area contributed by atoms with Gasteiger partial charge < -0.3 is 14.7 Å². The van der Waals surface area contributed by atoms with E-state index in [0.29, 0.717) is 24.4 Å². The van der Waals surface area contributed by atoms with E-state index >= 15 is 0 Å². The minimum Gasteiger partial charge on any atom is -0.368 e. The number of carbonyl (C=O) groups excluding carboxylic acids is 2. The first-order valence-electron chi connectivity index (χ1n) is 9.49. The summed E-state index contributed by atoms with van der Waals surface area (Å²) >= 11 is 1.43. The van der Waals surface area contributed by atoms with Crippen LogP contribution in [-0.2, 0) is 4.79 Å². The summed E-state index contributed by atoms with van der Waals surface area (Å²) in [7, 11) is 3.49. The Morgan fingerprint density at radius 2 is 1.61 bits per heavy atom. The molecule has 28 heavy (non-hydrogen) atoms. The summed E-state index contributed by atoms with van der Waals surface area (Å²) in [6.45, 7) is 5.16. The lowest BCUT2D eigenvalue weighted by Gasteiger charge is -2.37. The molecule has 148 valence electrons. The lowest BCUT2D eigenvalue weighted by molar-refractivity contribution is -0.125. The van der Waals surface area contributed by atoms with Crippen LogP contribution in [0.15, 0.2) is 53.4 Å². The molecule has 2 aromatic carbocycles. The van der Waals surface area contributed by atoms with Crippen molar-refractivity contribution in [2.24, 2.45) is 0 Å². The fourth-order valence-electron chi connectivity index (χ4n) is 3.28. The zero-order valence-corrected chi connectivity index (χ0v) is 17.5. The Hall–Kier alpha value is -2.47. The van der Waals surface area contributed by atoms with Gasteiger partial charge >= 0.3 is 0 Å². The summed E-state index contributed by atoms with van der Waals surface area (Å²) in [5.41, 5.74) is 3.19. The molecular weight excluding hydrogens is 370 g/mol. The van der Waals surface area contributed by atoms with E-state index in [0.717, 1.165) is 18.0 Å². The summed E-state index contributed by atoms with van der Waals surface area (Å²) < 4.78 is 0. The molecule has 1 aliphatic rings. The van der Waals surface area contributed by atoms with Crippen molar-refractivity contribution in [3.63, 3.8) is 0 Å². The summed E-state index contributed by atoms with van der Waals surface area (Å²) in [5, 5.41) is 0. The molecule has 0 bridgehead atoms. The van der Waals surface area contributed by atoms with Gasteiger partial charge in [-0.2, -0.15) is 0 Å². The first-order valence-corrected chi connectivity index (χ1v) is 10.5. The van der Waals surface area contributed by atoms with E-state index < -0.39 is 0 Å². The molecule has 3 rings (SSSR count). The third-order valence-corrected chi connectivity index (χ3v) is 6.05. The maximum Gasteiger partial charge on any atom is 0.255 e. The van der Waals surface area contributed by atoms with Crippen LogP contribution in [0, 0.1) is 6.92 Å². The molecule has 0 radical (unpaired) electrons. The molecule has 0 spiro atoms. The molecule has 0 N–H and O–H groups in total. The molecule has 1 aliphatic heterocycles. The van der Waals surface area contributed by atoms with E-state index in [1.165, 1.54) is 23.0 Å². The lowest BCUT2D eigenvalue weighted by Crippen LogP contribution is -2.49. The zero-order valence-electron chi connectivity index (χ0n) is 16.7. The van der Waals surface area contributed by atoms with E-state index in [2.05, 4.69) is 30.0 Å². The number of aryl methyl sites for hydroxylation is 1. The van der Waals surface area contributed by atoms with Gasteiger partial charge in [-0.05, 0) is 30.7 Å². The van der Waals surface area contributed by atoms with Crippen LogP contribution >= 0.6 is 11.8 Å². The molecule has 1 saturated heterocycles. The molecule has 1 heterocycles. The topological polar surface area (TPSA) is 43.9 Å². The van der Waals surface area contributed by atoms with Crippen molar-refractivity contribution >= 4 is 29.3 Å². The highest BCUT2D eigenvalue weighted by atomic mass is 32.2. The SMILES string of the molecule is Cc1ccccc1N1CCN(C(=O)c2ccccc2SCC(=O)N(C)C)CC1.